The van der Waals surface area contributed by atoms with Crippen molar-refractivity contribution in [2.24, 2.45) is 11.3 Å². The zero-order valence-corrected chi connectivity index (χ0v) is 13.3. The van der Waals surface area contributed by atoms with Crippen molar-refractivity contribution < 1.29 is 9.47 Å². The van der Waals surface area contributed by atoms with E-state index in [1.807, 2.05) is 13.8 Å². The van der Waals surface area contributed by atoms with Gasteiger partial charge in [-0.1, -0.05) is 26.7 Å². The fourth-order valence-electron chi connectivity index (χ4n) is 3.44. The average molecular weight is 271 g/mol. The summed E-state index contributed by atoms with van der Waals surface area (Å²) in [5.41, 5.74) is 0.525. The highest BCUT2D eigenvalue weighted by Crippen LogP contribution is 2.42. The van der Waals surface area contributed by atoms with Crippen molar-refractivity contribution in [2.45, 2.75) is 66.1 Å². The Morgan fingerprint density at radius 2 is 1.63 bits per heavy atom. The third-order valence-corrected chi connectivity index (χ3v) is 4.02. The summed E-state index contributed by atoms with van der Waals surface area (Å²) >= 11 is 0. The van der Waals surface area contributed by atoms with Crippen LogP contribution in [0.4, 0.5) is 0 Å². The molecular weight excluding hydrogens is 238 g/mol. The second-order valence-corrected chi connectivity index (χ2v) is 6.28. The van der Waals surface area contributed by atoms with Gasteiger partial charge in [-0.2, -0.15) is 0 Å². The maximum absolute atomic E-state index is 5.58. The van der Waals surface area contributed by atoms with Crippen molar-refractivity contribution in [3.8, 4) is 0 Å². The Morgan fingerprint density at radius 3 is 2.11 bits per heavy atom. The summed E-state index contributed by atoms with van der Waals surface area (Å²) in [4.78, 5) is 0. The van der Waals surface area contributed by atoms with E-state index in [4.69, 9.17) is 9.47 Å². The Morgan fingerprint density at radius 1 is 1.05 bits per heavy atom. The lowest BCUT2D eigenvalue weighted by Crippen LogP contribution is -2.39. The van der Waals surface area contributed by atoms with Gasteiger partial charge in [-0.05, 0) is 44.4 Å². The molecule has 0 aliphatic heterocycles. The van der Waals surface area contributed by atoms with Gasteiger partial charge in [0.1, 0.15) is 0 Å². The minimum atomic E-state index is -0.0903. The predicted octanol–water partition coefficient (Wildman–Crippen LogP) is 3.58. The SMILES string of the molecule is CCOC(CNCC1(CC(C)C)CCCC1)OCC. The second kappa shape index (κ2) is 8.93. The molecule has 0 amide bonds. The topological polar surface area (TPSA) is 30.5 Å². The molecule has 1 fully saturated rings. The molecule has 0 aromatic heterocycles. The molecule has 114 valence electrons. The fraction of sp³-hybridized carbons (Fsp3) is 1.00. The Kier molecular flexibility index (Phi) is 7.96. The van der Waals surface area contributed by atoms with Crippen LogP contribution in [-0.4, -0.2) is 32.6 Å². The van der Waals surface area contributed by atoms with Crippen LogP contribution in [0.1, 0.15) is 59.8 Å². The standard InChI is InChI=1S/C16H33NO2/c1-5-18-15(19-6-2)12-17-13-16(11-14(3)4)9-7-8-10-16/h14-15,17H,5-13H2,1-4H3. The van der Waals surface area contributed by atoms with E-state index >= 15 is 0 Å². The summed E-state index contributed by atoms with van der Waals surface area (Å²) in [6, 6.07) is 0. The molecule has 1 rings (SSSR count). The summed E-state index contributed by atoms with van der Waals surface area (Å²) in [6.45, 7) is 12.1. The number of hydrogen-bond acceptors (Lipinski definition) is 3. The maximum atomic E-state index is 5.58. The first-order valence-electron chi connectivity index (χ1n) is 8.06. The molecule has 1 aliphatic carbocycles. The van der Waals surface area contributed by atoms with E-state index < -0.39 is 0 Å². The maximum Gasteiger partial charge on any atom is 0.169 e. The molecule has 0 aromatic carbocycles. The van der Waals surface area contributed by atoms with Gasteiger partial charge in [0, 0.05) is 26.3 Å². The van der Waals surface area contributed by atoms with Gasteiger partial charge in [0.15, 0.2) is 6.29 Å². The summed E-state index contributed by atoms with van der Waals surface area (Å²) in [5.74, 6) is 0.787. The lowest BCUT2D eigenvalue weighted by Gasteiger charge is -2.32. The summed E-state index contributed by atoms with van der Waals surface area (Å²) < 4.78 is 11.2. The van der Waals surface area contributed by atoms with Crippen LogP contribution in [0.3, 0.4) is 0 Å². The van der Waals surface area contributed by atoms with Gasteiger partial charge < -0.3 is 14.8 Å². The summed E-state index contributed by atoms with van der Waals surface area (Å²) in [7, 11) is 0. The lowest BCUT2D eigenvalue weighted by atomic mass is 9.78. The average Bonchev–Trinajstić information content (AvgIpc) is 2.77. The molecule has 3 heteroatoms. The number of hydrogen-bond donors (Lipinski definition) is 1. The van der Waals surface area contributed by atoms with Gasteiger partial charge in [-0.15, -0.1) is 0 Å². The van der Waals surface area contributed by atoms with Crippen LogP contribution in [0.2, 0.25) is 0 Å². The minimum absolute atomic E-state index is 0.0903. The van der Waals surface area contributed by atoms with Crippen LogP contribution in [0, 0.1) is 11.3 Å². The Hall–Kier alpha value is -0.120. The zero-order chi connectivity index (χ0) is 14.1. The van der Waals surface area contributed by atoms with Crippen molar-refractivity contribution >= 4 is 0 Å². The highest BCUT2D eigenvalue weighted by atomic mass is 16.7. The van der Waals surface area contributed by atoms with Crippen LogP contribution < -0.4 is 5.32 Å². The smallest absolute Gasteiger partial charge is 0.169 e. The van der Waals surface area contributed by atoms with Crippen LogP contribution >= 0.6 is 0 Å². The predicted molar refractivity (Wildman–Crippen MR) is 80.3 cm³/mol. The Bertz CT molecular complexity index is 219. The molecule has 0 saturated heterocycles. The monoisotopic (exact) mass is 271 g/mol. The molecule has 0 spiro atoms. The van der Waals surface area contributed by atoms with E-state index in [1.165, 1.54) is 32.1 Å². The first kappa shape index (κ1) is 16.9. The van der Waals surface area contributed by atoms with Gasteiger partial charge >= 0.3 is 0 Å². The molecule has 0 atom stereocenters. The van der Waals surface area contributed by atoms with E-state index in [1.54, 1.807) is 0 Å². The number of nitrogens with one attached hydrogen (secondary N) is 1. The minimum Gasteiger partial charge on any atom is -0.352 e. The van der Waals surface area contributed by atoms with Gasteiger partial charge in [0.25, 0.3) is 0 Å². The normalized spacial score (nSPS) is 18.6. The van der Waals surface area contributed by atoms with Crippen LogP contribution in [-0.2, 0) is 9.47 Å². The fourth-order valence-corrected chi connectivity index (χ4v) is 3.44. The Balaban J connectivity index is 2.34. The first-order chi connectivity index (χ1) is 9.12. The third kappa shape index (κ3) is 6.24. The van der Waals surface area contributed by atoms with Crippen molar-refractivity contribution in [2.75, 3.05) is 26.3 Å². The van der Waals surface area contributed by atoms with Gasteiger partial charge in [-0.25, -0.2) is 0 Å². The van der Waals surface area contributed by atoms with E-state index in [0.29, 0.717) is 18.6 Å². The molecule has 1 N–H and O–H groups in total. The molecule has 0 bridgehead atoms. The number of rotatable bonds is 10. The van der Waals surface area contributed by atoms with E-state index in [2.05, 4.69) is 19.2 Å². The van der Waals surface area contributed by atoms with Crippen LogP contribution in [0.5, 0.6) is 0 Å². The molecule has 0 unspecified atom stereocenters. The molecule has 19 heavy (non-hydrogen) atoms. The van der Waals surface area contributed by atoms with Crippen molar-refractivity contribution in [3.63, 3.8) is 0 Å². The first-order valence-corrected chi connectivity index (χ1v) is 8.06. The lowest BCUT2D eigenvalue weighted by molar-refractivity contribution is -0.133. The second-order valence-electron chi connectivity index (χ2n) is 6.28. The zero-order valence-electron chi connectivity index (χ0n) is 13.3. The highest BCUT2D eigenvalue weighted by molar-refractivity contribution is 4.87. The largest absolute Gasteiger partial charge is 0.352 e. The van der Waals surface area contributed by atoms with Crippen molar-refractivity contribution in [1.82, 2.24) is 5.32 Å². The van der Waals surface area contributed by atoms with E-state index in [0.717, 1.165) is 19.0 Å². The van der Waals surface area contributed by atoms with Crippen molar-refractivity contribution in [1.29, 1.82) is 0 Å². The molecular formula is C16H33NO2. The van der Waals surface area contributed by atoms with Gasteiger partial charge in [-0.3, -0.25) is 0 Å². The molecule has 3 nitrogen and oxygen atoms in total. The molecule has 0 aromatic rings. The van der Waals surface area contributed by atoms with Crippen molar-refractivity contribution in [3.05, 3.63) is 0 Å². The van der Waals surface area contributed by atoms with Gasteiger partial charge in [0.2, 0.25) is 0 Å². The van der Waals surface area contributed by atoms with Gasteiger partial charge in [0.05, 0.1) is 0 Å². The van der Waals surface area contributed by atoms with Crippen LogP contribution in [0.25, 0.3) is 0 Å². The number of ether oxygens (including phenoxy) is 2. The van der Waals surface area contributed by atoms with Crippen LogP contribution in [0.15, 0.2) is 0 Å². The molecule has 1 aliphatic rings. The molecule has 1 saturated carbocycles. The Labute approximate surface area is 119 Å². The summed E-state index contributed by atoms with van der Waals surface area (Å²) in [6.07, 6.45) is 6.81. The third-order valence-electron chi connectivity index (χ3n) is 4.02. The quantitative estimate of drug-likeness (QED) is 0.616. The molecule has 0 radical (unpaired) electrons. The summed E-state index contributed by atoms with van der Waals surface area (Å²) in [5, 5.41) is 3.59. The van der Waals surface area contributed by atoms with E-state index in [-0.39, 0.29) is 6.29 Å². The van der Waals surface area contributed by atoms with E-state index in [9.17, 15) is 0 Å². The highest BCUT2D eigenvalue weighted by Gasteiger charge is 2.34. The molecule has 0 heterocycles.